The number of carbonyl (C=O) groups is 1. The maximum Gasteiger partial charge on any atom is 0.314 e. The number of aliphatic hydroxyl groups is 1. The van der Waals surface area contributed by atoms with E-state index in [9.17, 15) is 9.90 Å². The molecule has 1 atom stereocenters. The summed E-state index contributed by atoms with van der Waals surface area (Å²) in [5.74, 6) is 0. The average molecular weight is 347 g/mol. The zero-order valence-corrected chi connectivity index (χ0v) is 15.0. The van der Waals surface area contributed by atoms with Gasteiger partial charge in [0.1, 0.15) is 5.60 Å². The third-order valence-corrected chi connectivity index (χ3v) is 4.78. The lowest BCUT2D eigenvalue weighted by Gasteiger charge is -2.24. The molecular formula is C18H25N3O2S. The lowest BCUT2D eigenvalue weighted by molar-refractivity contribution is 0.0594. The number of nitrogens with zero attached hydrogens (tertiary/aromatic N) is 1. The number of thiazole rings is 1. The number of benzene rings is 1. The Hall–Kier alpha value is -1.92. The summed E-state index contributed by atoms with van der Waals surface area (Å²) in [7, 11) is 0. The molecule has 1 heterocycles. The van der Waals surface area contributed by atoms with Gasteiger partial charge in [-0.2, -0.15) is 0 Å². The lowest BCUT2D eigenvalue weighted by Crippen LogP contribution is -2.43. The van der Waals surface area contributed by atoms with Gasteiger partial charge in [0.2, 0.25) is 0 Å². The molecule has 0 spiro atoms. The van der Waals surface area contributed by atoms with Crippen molar-refractivity contribution in [3.63, 3.8) is 0 Å². The van der Waals surface area contributed by atoms with Crippen LogP contribution >= 0.6 is 11.3 Å². The number of amides is 2. The van der Waals surface area contributed by atoms with Gasteiger partial charge in [-0.3, -0.25) is 0 Å². The number of hydrogen-bond acceptors (Lipinski definition) is 4. The van der Waals surface area contributed by atoms with E-state index in [-0.39, 0.29) is 12.6 Å². The molecule has 130 valence electrons. The summed E-state index contributed by atoms with van der Waals surface area (Å²) in [4.78, 5) is 16.2. The fourth-order valence-corrected chi connectivity index (χ4v) is 3.15. The van der Waals surface area contributed by atoms with Crippen LogP contribution in [0.5, 0.6) is 0 Å². The zero-order chi connectivity index (χ0) is 17.4. The fraction of sp³-hybridized carbons (Fsp3) is 0.444. The molecule has 1 unspecified atom stereocenters. The van der Waals surface area contributed by atoms with Crippen molar-refractivity contribution >= 4 is 17.4 Å². The van der Waals surface area contributed by atoms with Gasteiger partial charge in [-0.15, -0.1) is 11.3 Å². The number of carbonyl (C=O) groups excluding carboxylic acids is 1. The summed E-state index contributed by atoms with van der Waals surface area (Å²) in [5, 5.41) is 19.2. The smallest absolute Gasteiger partial charge is 0.314 e. The first-order chi connectivity index (χ1) is 11.5. The normalized spacial score (nSPS) is 13.3. The Morgan fingerprint density at radius 1 is 1.25 bits per heavy atom. The molecule has 0 aliphatic carbocycles. The van der Waals surface area contributed by atoms with Gasteiger partial charge in [0.15, 0.2) is 0 Å². The molecule has 0 fully saturated rings. The summed E-state index contributed by atoms with van der Waals surface area (Å²) in [5.41, 5.74) is 0.767. The highest BCUT2D eigenvalue weighted by atomic mass is 32.1. The number of unbranched alkanes of at least 4 members (excludes halogenated alkanes) is 1. The van der Waals surface area contributed by atoms with Gasteiger partial charge in [-0.05, 0) is 38.7 Å². The number of urea groups is 1. The fourth-order valence-electron chi connectivity index (χ4n) is 2.33. The molecule has 2 rings (SSSR count). The molecule has 0 saturated heterocycles. The van der Waals surface area contributed by atoms with Crippen molar-refractivity contribution in [2.24, 2.45) is 0 Å². The Kier molecular flexibility index (Phi) is 6.75. The molecule has 6 heteroatoms. The number of aromatic nitrogens is 1. The van der Waals surface area contributed by atoms with Gasteiger partial charge < -0.3 is 15.7 Å². The third kappa shape index (κ3) is 5.94. The first-order valence-electron chi connectivity index (χ1n) is 8.18. The van der Waals surface area contributed by atoms with Gasteiger partial charge in [-0.1, -0.05) is 30.3 Å². The molecule has 2 aromatic rings. The number of rotatable bonds is 8. The topological polar surface area (TPSA) is 74.2 Å². The Morgan fingerprint density at radius 3 is 2.67 bits per heavy atom. The average Bonchev–Trinajstić information content (AvgIpc) is 2.99. The second-order valence-corrected chi connectivity index (χ2v) is 7.03. The van der Waals surface area contributed by atoms with Gasteiger partial charge >= 0.3 is 6.03 Å². The van der Waals surface area contributed by atoms with Crippen LogP contribution in [0, 0.1) is 6.92 Å². The highest BCUT2D eigenvalue weighted by Gasteiger charge is 2.23. The van der Waals surface area contributed by atoms with E-state index in [0.717, 1.165) is 35.5 Å². The van der Waals surface area contributed by atoms with Crippen molar-refractivity contribution in [1.82, 2.24) is 15.6 Å². The standard InChI is InChI=1S/C18H25N3O2S/c1-14-12-24-16(21-14)10-6-7-11-19-17(22)20-13-18(2,23)15-8-4-3-5-9-15/h3-5,8-9,12,23H,6-7,10-11,13H2,1-2H3,(H2,19,20,22). The molecule has 0 aliphatic heterocycles. The minimum absolute atomic E-state index is 0.168. The van der Waals surface area contributed by atoms with Crippen LogP contribution in [0.15, 0.2) is 35.7 Å². The van der Waals surface area contributed by atoms with Gasteiger partial charge in [0, 0.05) is 17.6 Å². The van der Waals surface area contributed by atoms with E-state index in [2.05, 4.69) is 21.0 Å². The molecule has 0 aliphatic rings. The summed E-state index contributed by atoms with van der Waals surface area (Å²) in [6, 6.07) is 9.07. The van der Waals surface area contributed by atoms with E-state index in [1.54, 1.807) is 18.3 Å². The van der Waals surface area contributed by atoms with Crippen molar-refractivity contribution in [2.45, 2.75) is 38.7 Å². The maximum atomic E-state index is 11.8. The molecule has 5 nitrogen and oxygen atoms in total. The van der Waals surface area contributed by atoms with E-state index in [0.29, 0.717) is 6.54 Å². The summed E-state index contributed by atoms with van der Waals surface area (Å²) in [6.45, 7) is 4.47. The zero-order valence-electron chi connectivity index (χ0n) is 14.2. The Morgan fingerprint density at radius 2 is 2.00 bits per heavy atom. The van der Waals surface area contributed by atoms with Crippen molar-refractivity contribution < 1.29 is 9.90 Å². The van der Waals surface area contributed by atoms with Gasteiger partial charge in [0.25, 0.3) is 0 Å². The monoisotopic (exact) mass is 347 g/mol. The van der Waals surface area contributed by atoms with Crippen molar-refractivity contribution in [3.05, 3.63) is 52.0 Å². The summed E-state index contributed by atoms with van der Waals surface area (Å²) >= 11 is 1.68. The van der Waals surface area contributed by atoms with E-state index in [4.69, 9.17) is 0 Å². The molecule has 1 aromatic carbocycles. The van der Waals surface area contributed by atoms with Gasteiger partial charge in [-0.25, -0.2) is 9.78 Å². The van der Waals surface area contributed by atoms with E-state index in [1.807, 2.05) is 37.3 Å². The van der Waals surface area contributed by atoms with Crippen LogP contribution in [0.2, 0.25) is 0 Å². The molecule has 1 aromatic heterocycles. The molecular weight excluding hydrogens is 322 g/mol. The van der Waals surface area contributed by atoms with Crippen LogP contribution in [0.3, 0.4) is 0 Å². The van der Waals surface area contributed by atoms with E-state index in [1.165, 1.54) is 0 Å². The van der Waals surface area contributed by atoms with Crippen LogP contribution < -0.4 is 10.6 Å². The van der Waals surface area contributed by atoms with Crippen LogP contribution in [-0.4, -0.2) is 29.2 Å². The van der Waals surface area contributed by atoms with E-state index >= 15 is 0 Å². The predicted octanol–water partition coefficient (Wildman–Crippen LogP) is 2.98. The highest BCUT2D eigenvalue weighted by molar-refractivity contribution is 7.09. The molecule has 0 bridgehead atoms. The quantitative estimate of drug-likeness (QED) is 0.643. The lowest BCUT2D eigenvalue weighted by atomic mass is 9.96. The minimum Gasteiger partial charge on any atom is -0.384 e. The largest absolute Gasteiger partial charge is 0.384 e. The predicted molar refractivity (Wildman–Crippen MR) is 97.2 cm³/mol. The van der Waals surface area contributed by atoms with Crippen molar-refractivity contribution in [1.29, 1.82) is 0 Å². The number of aryl methyl sites for hydroxylation is 2. The first kappa shape index (κ1) is 18.4. The van der Waals surface area contributed by atoms with Crippen LogP contribution in [0.1, 0.15) is 36.0 Å². The second-order valence-electron chi connectivity index (χ2n) is 6.09. The van der Waals surface area contributed by atoms with Crippen molar-refractivity contribution in [2.75, 3.05) is 13.1 Å². The van der Waals surface area contributed by atoms with Crippen LogP contribution in [-0.2, 0) is 12.0 Å². The minimum atomic E-state index is -1.08. The Balaban J connectivity index is 1.61. The maximum absolute atomic E-state index is 11.8. The first-order valence-corrected chi connectivity index (χ1v) is 9.06. The molecule has 24 heavy (non-hydrogen) atoms. The highest BCUT2D eigenvalue weighted by Crippen LogP contribution is 2.18. The van der Waals surface area contributed by atoms with E-state index < -0.39 is 5.60 Å². The number of hydrogen-bond donors (Lipinski definition) is 3. The summed E-state index contributed by atoms with van der Waals surface area (Å²) < 4.78 is 0. The number of nitrogens with one attached hydrogen (secondary N) is 2. The summed E-state index contributed by atoms with van der Waals surface area (Å²) in [6.07, 6.45) is 2.85. The molecule has 0 radical (unpaired) electrons. The van der Waals surface area contributed by atoms with Crippen molar-refractivity contribution in [3.8, 4) is 0 Å². The SMILES string of the molecule is Cc1csc(CCCCNC(=O)NCC(C)(O)c2ccccc2)n1. The van der Waals surface area contributed by atoms with Gasteiger partial charge in [0.05, 0.1) is 11.6 Å². The third-order valence-electron chi connectivity index (χ3n) is 3.76. The molecule has 3 N–H and O–H groups in total. The Labute approximate surface area is 147 Å². The second kappa shape index (κ2) is 8.80. The molecule has 0 saturated carbocycles. The Bertz CT molecular complexity index is 641. The van der Waals surface area contributed by atoms with Crippen LogP contribution in [0.25, 0.3) is 0 Å². The molecule has 2 amide bonds. The van der Waals surface area contributed by atoms with Crippen LogP contribution in [0.4, 0.5) is 4.79 Å².